The number of hydrogen-bond acceptors (Lipinski definition) is 1. The van der Waals surface area contributed by atoms with Gasteiger partial charge in [0.25, 0.3) is 0 Å². The molecule has 2 aromatic rings. The standard InChI is InChI=1S/C18H21ClFN/c1-12(2)10-14-4-6-15(7-5-14)13(3)21-16-8-9-17(19)18(20)11-16/h4-9,11-13,21H,10H2,1-3H3. The Bertz CT molecular complexity index is 593. The summed E-state index contributed by atoms with van der Waals surface area (Å²) in [5.74, 6) is 0.254. The zero-order valence-electron chi connectivity index (χ0n) is 12.7. The van der Waals surface area contributed by atoms with Crippen LogP contribution in [-0.2, 0) is 6.42 Å². The van der Waals surface area contributed by atoms with E-state index in [1.807, 2.05) is 0 Å². The monoisotopic (exact) mass is 305 g/mol. The Labute approximate surface area is 131 Å². The van der Waals surface area contributed by atoms with Crippen LogP contribution in [0.4, 0.5) is 10.1 Å². The van der Waals surface area contributed by atoms with Crippen LogP contribution in [0, 0.1) is 11.7 Å². The maximum atomic E-state index is 13.4. The zero-order valence-corrected chi connectivity index (χ0v) is 13.4. The molecule has 0 amide bonds. The fraction of sp³-hybridized carbons (Fsp3) is 0.333. The van der Waals surface area contributed by atoms with Crippen molar-refractivity contribution < 1.29 is 4.39 Å². The van der Waals surface area contributed by atoms with E-state index in [0.717, 1.165) is 12.1 Å². The molecule has 0 bridgehead atoms. The van der Waals surface area contributed by atoms with E-state index in [1.54, 1.807) is 12.1 Å². The molecular weight excluding hydrogens is 285 g/mol. The second-order valence-electron chi connectivity index (χ2n) is 5.83. The first-order valence-electron chi connectivity index (χ1n) is 7.26. The summed E-state index contributed by atoms with van der Waals surface area (Å²) < 4.78 is 13.4. The van der Waals surface area contributed by atoms with Crippen LogP contribution in [0.15, 0.2) is 42.5 Å². The van der Waals surface area contributed by atoms with E-state index in [1.165, 1.54) is 17.2 Å². The molecule has 0 saturated carbocycles. The van der Waals surface area contributed by atoms with E-state index in [-0.39, 0.29) is 11.1 Å². The van der Waals surface area contributed by atoms with E-state index < -0.39 is 5.82 Å². The van der Waals surface area contributed by atoms with Gasteiger partial charge in [0.1, 0.15) is 5.82 Å². The molecule has 0 radical (unpaired) electrons. The molecule has 1 unspecified atom stereocenters. The van der Waals surface area contributed by atoms with Gasteiger partial charge < -0.3 is 5.32 Å². The normalized spacial score (nSPS) is 12.5. The first-order chi connectivity index (χ1) is 9.95. The quantitative estimate of drug-likeness (QED) is 0.730. The number of nitrogens with one attached hydrogen (secondary N) is 1. The Morgan fingerprint density at radius 2 is 1.71 bits per heavy atom. The predicted octanol–water partition coefficient (Wildman–Crippen LogP) is 5.85. The highest BCUT2D eigenvalue weighted by molar-refractivity contribution is 6.30. The molecule has 0 saturated heterocycles. The van der Waals surface area contributed by atoms with Crippen molar-refractivity contribution >= 4 is 17.3 Å². The lowest BCUT2D eigenvalue weighted by Gasteiger charge is -2.16. The number of benzene rings is 2. The van der Waals surface area contributed by atoms with Crippen molar-refractivity contribution in [2.75, 3.05) is 5.32 Å². The Morgan fingerprint density at radius 3 is 2.29 bits per heavy atom. The third-order valence-corrected chi connectivity index (χ3v) is 3.73. The molecule has 0 aromatic heterocycles. The van der Waals surface area contributed by atoms with Crippen molar-refractivity contribution in [3.8, 4) is 0 Å². The van der Waals surface area contributed by atoms with Gasteiger partial charge in [0.2, 0.25) is 0 Å². The van der Waals surface area contributed by atoms with Gasteiger partial charge in [-0.25, -0.2) is 4.39 Å². The van der Waals surface area contributed by atoms with Crippen molar-refractivity contribution in [2.24, 2.45) is 5.92 Å². The summed E-state index contributed by atoms with van der Waals surface area (Å²) in [4.78, 5) is 0. The van der Waals surface area contributed by atoms with Crippen LogP contribution in [0.5, 0.6) is 0 Å². The van der Waals surface area contributed by atoms with Gasteiger partial charge in [0, 0.05) is 11.7 Å². The second-order valence-corrected chi connectivity index (χ2v) is 6.24. The molecule has 0 aliphatic rings. The lowest BCUT2D eigenvalue weighted by atomic mass is 10.00. The molecule has 0 aliphatic heterocycles. The number of anilines is 1. The lowest BCUT2D eigenvalue weighted by Crippen LogP contribution is -2.07. The van der Waals surface area contributed by atoms with Crippen LogP contribution in [0.2, 0.25) is 5.02 Å². The second kappa shape index (κ2) is 6.95. The predicted molar refractivity (Wildman–Crippen MR) is 88.4 cm³/mol. The van der Waals surface area contributed by atoms with Crippen molar-refractivity contribution in [2.45, 2.75) is 33.2 Å². The molecule has 0 spiro atoms. The van der Waals surface area contributed by atoms with Crippen LogP contribution >= 0.6 is 11.6 Å². The minimum Gasteiger partial charge on any atom is -0.378 e. The maximum Gasteiger partial charge on any atom is 0.143 e. The molecule has 0 fully saturated rings. The number of hydrogen-bond donors (Lipinski definition) is 1. The minimum atomic E-state index is -0.402. The number of halogens is 2. The van der Waals surface area contributed by atoms with Gasteiger partial charge in [0.15, 0.2) is 0 Å². The van der Waals surface area contributed by atoms with Crippen molar-refractivity contribution in [1.82, 2.24) is 0 Å². The molecule has 21 heavy (non-hydrogen) atoms. The van der Waals surface area contributed by atoms with Crippen LogP contribution in [-0.4, -0.2) is 0 Å². The van der Waals surface area contributed by atoms with Crippen molar-refractivity contribution in [3.63, 3.8) is 0 Å². The highest BCUT2D eigenvalue weighted by atomic mass is 35.5. The summed E-state index contributed by atoms with van der Waals surface area (Å²) in [6, 6.07) is 13.5. The topological polar surface area (TPSA) is 12.0 Å². The molecule has 0 heterocycles. The zero-order chi connectivity index (χ0) is 15.4. The van der Waals surface area contributed by atoms with Crippen LogP contribution in [0.25, 0.3) is 0 Å². The van der Waals surface area contributed by atoms with Gasteiger partial charge >= 0.3 is 0 Å². The van der Waals surface area contributed by atoms with Gasteiger partial charge in [-0.2, -0.15) is 0 Å². The summed E-state index contributed by atoms with van der Waals surface area (Å²) >= 11 is 5.69. The highest BCUT2D eigenvalue weighted by Gasteiger charge is 2.07. The van der Waals surface area contributed by atoms with Gasteiger partial charge in [-0.15, -0.1) is 0 Å². The number of rotatable bonds is 5. The third-order valence-electron chi connectivity index (χ3n) is 3.43. The molecule has 1 atom stereocenters. The summed E-state index contributed by atoms with van der Waals surface area (Å²) in [5.41, 5.74) is 3.26. The fourth-order valence-electron chi connectivity index (χ4n) is 2.33. The maximum absolute atomic E-state index is 13.4. The van der Waals surface area contributed by atoms with Crippen molar-refractivity contribution in [1.29, 1.82) is 0 Å². The average Bonchev–Trinajstić information content (AvgIpc) is 2.43. The summed E-state index contributed by atoms with van der Waals surface area (Å²) in [5, 5.41) is 3.43. The molecule has 112 valence electrons. The van der Waals surface area contributed by atoms with E-state index in [9.17, 15) is 4.39 Å². The molecule has 0 aliphatic carbocycles. The highest BCUT2D eigenvalue weighted by Crippen LogP contribution is 2.23. The van der Waals surface area contributed by atoms with Crippen LogP contribution < -0.4 is 5.32 Å². The summed E-state index contributed by atoms with van der Waals surface area (Å²) in [6.07, 6.45) is 1.09. The first kappa shape index (κ1) is 15.8. The fourth-order valence-corrected chi connectivity index (χ4v) is 2.45. The van der Waals surface area contributed by atoms with Gasteiger partial charge in [0.05, 0.1) is 5.02 Å². The Kier molecular flexibility index (Phi) is 5.24. The molecule has 1 nitrogen and oxygen atoms in total. The molecule has 2 aromatic carbocycles. The smallest absolute Gasteiger partial charge is 0.143 e. The van der Waals surface area contributed by atoms with E-state index in [2.05, 4.69) is 50.4 Å². The lowest BCUT2D eigenvalue weighted by molar-refractivity contribution is 0.628. The van der Waals surface area contributed by atoms with Crippen molar-refractivity contribution in [3.05, 3.63) is 64.4 Å². The molecule has 1 N–H and O–H groups in total. The summed E-state index contributed by atoms with van der Waals surface area (Å²) in [6.45, 7) is 6.49. The van der Waals surface area contributed by atoms with Gasteiger partial charge in [-0.05, 0) is 48.6 Å². The van der Waals surface area contributed by atoms with Gasteiger partial charge in [-0.1, -0.05) is 49.7 Å². The summed E-state index contributed by atoms with van der Waals surface area (Å²) in [7, 11) is 0. The Balaban J connectivity index is 2.05. The first-order valence-corrected chi connectivity index (χ1v) is 7.64. The third kappa shape index (κ3) is 4.47. The average molecular weight is 306 g/mol. The molecule has 3 heteroatoms. The van der Waals surface area contributed by atoms with E-state index in [4.69, 9.17) is 11.6 Å². The SMILES string of the molecule is CC(C)Cc1ccc(C(C)Nc2ccc(Cl)c(F)c2)cc1. The Hall–Kier alpha value is -1.54. The van der Waals surface area contributed by atoms with Crippen LogP contribution in [0.1, 0.15) is 37.9 Å². The molecule has 2 rings (SSSR count). The van der Waals surface area contributed by atoms with Crippen LogP contribution in [0.3, 0.4) is 0 Å². The van der Waals surface area contributed by atoms with Gasteiger partial charge in [-0.3, -0.25) is 0 Å². The Morgan fingerprint density at radius 1 is 1.05 bits per heavy atom. The molecular formula is C18H21ClFN. The minimum absolute atomic E-state index is 0.110. The van der Waals surface area contributed by atoms with E-state index in [0.29, 0.717) is 5.92 Å². The van der Waals surface area contributed by atoms with E-state index >= 15 is 0 Å². The largest absolute Gasteiger partial charge is 0.378 e.